The third kappa shape index (κ3) is 1.56. The molecule has 0 saturated heterocycles. The van der Waals surface area contributed by atoms with Crippen molar-refractivity contribution >= 4 is 11.6 Å². The summed E-state index contributed by atoms with van der Waals surface area (Å²) in [7, 11) is 0. The van der Waals surface area contributed by atoms with Gasteiger partial charge in [0.25, 0.3) is 0 Å². The van der Waals surface area contributed by atoms with Crippen LogP contribution in [0.15, 0.2) is 18.3 Å². The summed E-state index contributed by atoms with van der Waals surface area (Å²) >= 11 is 5.75. The summed E-state index contributed by atoms with van der Waals surface area (Å²) in [6.45, 7) is 0. The smallest absolute Gasteiger partial charge is 0.129 e. The van der Waals surface area contributed by atoms with E-state index in [0.717, 1.165) is 17.9 Å². The number of pyridine rings is 1. The Morgan fingerprint density at radius 3 is 2.81 bits per heavy atom. The summed E-state index contributed by atoms with van der Waals surface area (Å²) in [6, 6.07) is 3.66. The van der Waals surface area contributed by atoms with E-state index in [2.05, 4.69) is 4.98 Å². The molecule has 0 amide bonds. The lowest BCUT2D eigenvalue weighted by atomic mass is 9.51. The molecular weight excluding hydrogens is 222 g/mol. The SMILES string of the molecule is OC(c1ccc(Cl)nc1)C12CCCC(C1)C2. The minimum Gasteiger partial charge on any atom is -0.388 e. The summed E-state index contributed by atoms with van der Waals surface area (Å²) in [5.41, 5.74) is 1.07. The van der Waals surface area contributed by atoms with Crippen LogP contribution >= 0.6 is 11.6 Å². The van der Waals surface area contributed by atoms with Crippen molar-refractivity contribution in [2.75, 3.05) is 0 Å². The lowest BCUT2D eigenvalue weighted by molar-refractivity contribution is -0.106. The van der Waals surface area contributed by atoms with Gasteiger partial charge < -0.3 is 5.11 Å². The van der Waals surface area contributed by atoms with Crippen molar-refractivity contribution in [3.63, 3.8) is 0 Å². The number of aliphatic hydroxyl groups is 1. The van der Waals surface area contributed by atoms with Crippen LogP contribution in [0.5, 0.6) is 0 Å². The molecule has 1 heterocycles. The fourth-order valence-corrected chi connectivity index (χ4v) is 3.62. The number of hydrogen-bond donors (Lipinski definition) is 1. The first kappa shape index (κ1) is 10.5. The minimum atomic E-state index is -0.353. The second-order valence-electron chi connectivity index (χ2n) is 5.35. The molecule has 3 fully saturated rings. The molecule has 4 rings (SSSR count). The first-order chi connectivity index (χ1) is 7.70. The zero-order valence-electron chi connectivity index (χ0n) is 9.19. The third-order valence-electron chi connectivity index (χ3n) is 4.32. The number of hydrogen-bond acceptors (Lipinski definition) is 2. The van der Waals surface area contributed by atoms with Gasteiger partial charge in [-0.1, -0.05) is 30.5 Å². The molecule has 1 unspecified atom stereocenters. The molecule has 0 aromatic carbocycles. The van der Waals surface area contributed by atoms with Crippen molar-refractivity contribution in [2.24, 2.45) is 11.3 Å². The first-order valence-electron chi connectivity index (χ1n) is 5.99. The number of aliphatic hydroxyl groups excluding tert-OH is 1. The van der Waals surface area contributed by atoms with Crippen molar-refractivity contribution < 1.29 is 5.11 Å². The Hall–Kier alpha value is -0.600. The molecule has 0 radical (unpaired) electrons. The van der Waals surface area contributed by atoms with E-state index in [9.17, 15) is 5.11 Å². The van der Waals surface area contributed by atoms with Crippen LogP contribution in [0, 0.1) is 11.3 Å². The Morgan fingerprint density at radius 2 is 2.25 bits per heavy atom. The Balaban J connectivity index is 1.82. The highest BCUT2D eigenvalue weighted by Crippen LogP contribution is 2.61. The van der Waals surface area contributed by atoms with Gasteiger partial charge in [0.05, 0.1) is 6.10 Å². The van der Waals surface area contributed by atoms with Gasteiger partial charge >= 0.3 is 0 Å². The van der Waals surface area contributed by atoms with Gasteiger partial charge in [-0.05, 0) is 36.8 Å². The van der Waals surface area contributed by atoms with E-state index in [1.807, 2.05) is 6.07 Å². The second kappa shape index (κ2) is 3.71. The monoisotopic (exact) mass is 237 g/mol. The van der Waals surface area contributed by atoms with Crippen molar-refractivity contribution in [1.29, 1.82) is 0 Å². The number of nitrogens with zero attached hydrogens (tertiary/aromatic N) is 1. The van der Waals surface area contributed by atoms with Crippen LogP contribution in [0.4, 0.5) is 0 Å². The maximum Gasteiger partial charge on any atom is 0.129 e. The highest BCUT2D eigenvalue weighted by molar-refractivity contribution is 6.29. The van der Waals surface area contributed by atoms with Gasteiger partial charge in [-0.25, -0.2) is 4.98 Å². The Bertz CT molecular complexity index is 378. The molecule has 1 N–H and O–H groups in total. The molecular formula is C13H16ClNO. The first-order valence-corrected chi connectivity index (χ1v) is 6.37. The van der Waals surface area contributed by atoms with Crippen molar-refractivity contribution in [3.05, 3.63) is 29.0 Å². The van der Waals surface area contributed by atoms with E-state index in [1.54, 1.807) is 12.3 Å². The van der Waals surface area contributed by atoms with Crippen LogP contribution in [-0.2, 0) is 0 Å². The van der Waals surface area contributed by atoms with Crippen molar-refractivity contribution in [3.8, 4) is 0 Å². The summed E-state index contributed by atoms with van der Waals surface area (Å²) in [6.07, 6.45) is 7.52. The molecule has 0 spiro atoms. The summed E-state index contributed by atoms with van der Waals surface area (Å²) in [5, 5.41) is 10.9. The fraction of sp³-hybridized carbons (Fsp3) is 0.615. The standard InChI is InChI=1S/C13H16ClNO/c14-11-4-3-10(8-15-11)12(16)13-5-1-2-9(6-13)7-13/h3-4,8-9,12,16H,1-2,5-7H2. The maximum atomic E-state index is 10.5. The van der Waals surface area contributed by atoms with Crippen LogP contribution in [0.1, 0.15) is 43.8 Å². The quantitative estimate of drug-likeness (QED) is 0.801. The molecule has 3 heteroatoms. The lowest BCUT2D eigenvalue weighted by Gasteiger charge is -2.55. The van der Waals surface area contributed by atoms with Gasteiger partial charge in [0.2, 0.25) is 0 Å². The van der Waals surface area contributed by atoms with Crippen LogP contribution < -0.4 is 0 Å². The van der Waals surface area contributed by atoms with E-state index in [0.29, 0.717) is 5.15 Å². The van der Waals surface area contributed by atoms with Crippen LogP contribution in [0.25, 0.3) is 0 Å². The highest BCUT2D eigenvalue weighted by atomic mass is 35.5. The average Bonchev–Trinajstić information content (AvgIpc) is 2.29. The molecule has 3 aliphatic rings. The van der Waals surface area contributed by atoms with E-state index >= 15 is 0 Å². The molecule has 16 heavy (non-hydrogen) atoms. The molecule has 1 aromatic rings. The third-order valence-corrected chi connectivity index (χ3v) is 4.55. The Morgan fingerprint density at radius 1 is 1.44 bits per heavy atom. The van der Waals surface area contributed by atoms with Gasteiger partial charge in [-0.15, -0.1) is 0 Å². The molecule has 2 bridgehead atoms. The molecule has 3 saturated carbocycles. The van der Waals surface area contributed by atoms with Gasteiger partial charge in [-0.2, -0.15) is 0 Å². The number of aromatic nitrogens is 1. The van der Waals surface area contributed by atoms with Gasteiger partial charge in [0, 0.05) is 11.6 Å². The number of fused-ring (bicyclic) bond motifs is 2. The van der Waals surface area contributed by atoms with E-state index in [4.69, 9.17) is 11.6 Å². The van der Waals surface area contributed by atoms with Crippen molar-refractivity contribution in [2.45, 2.75) is 38.2 Å². The van der Waals surface area contributed by atoms with Gasteiger partial charge in [0.15, 0.2) is 0 Å². The molecule has 3 aliphatic carbocycles. The Labute approximate surface area is 101 Å². The topological polar surface area (TPSA) is 33.1 Å². The zero-order valence-corrected chi connectivity index (χ0v) is 9.95. The van der Waals surface area contributed by atoms with E-state index in [1.165, 1.54) is 25.7 Å². The summed E-state index contributed by atoms with van der Waals surface area (Å²) < 4.78 is 0. The highest BCUT2D eigenvalue weighted by Gasteiger charge is 2.51. The number of halogens is 1. The van der Waals surface area contributed by atoms with Gasteiger partial charge in [0.1, 0.15) is 5.15 Å². The molecule has 1 aromatic heterocycles. The maximum absolute atomic E-state index is 10.5. The van der Waals surface area contributed by atoms with Crippen LogP contribution in [0.2, 0.25) is 5.15 Å². The molecule has 0 aliphatic heterocycles. The number of rotatable bonds is 2. The minimum absolute atomic E-state index is 0.151. The van der Waals surface area contributed by atoms with E-state index in [-0.39, 0.29) is 11.5 Å². The van der Waals surface area contributed by atoms with Crippen molar-refractivity contribution in [1.82, 2.24) is 4.98 Å². The Kier molecular flexibility index (Phi) is 2.45. The predicted molar refractivity (Wildman–Crippen MR) is 63.2 cm³/mol. The summed E-state index contributed by atoms with van der Waals surface area (Å²) in [4.78, 5) is 4.05. The average molecular weight is 238 g/mol. The van der Waals surface area contributed by atoms with Gasteiger partial charge in [-0.3, -0.25) is 0 Å². The van der Waals surface area contributed by atoms with Crippen LogP contribution in [-0.4, -0.2) is 10.1 Å². The fourth-order valence-electron chi connectivity index (χ4n) is 3.50. The zero-order chi connectivity index (χ0) is 11.2. The second-order valence-corrected chi connectivity index (χ2v) is 5.73. The normalized spacial score (nSPS) is 34.2. The van der Waals surface area contributed by atoms with Crippen LogP contribution in [0.3, 0.4) is 0 Å². The molecule has 86 valence electrons. The summed E-state index contributed by atoms with van der Waals surface area (Å²) in [5.74, 6) is 0.864. The largest absolute Gasteiger partial charge is 0.388 e. The molecule has 1 atom stereocenters. The molecule has 2 nitrogen and oxygen atoms in total. The lowest BCUT2D eigenvalue weighted by Crippen LogP contribution is -2.45. The van der Waals surface area contributed by atoms with E-state index < -0.39 is 0 Å². The predicted octanol–water partition coefficient (Wildman–Crippen LogP) is 3.35.